The Balaban J connectivity index is 1.62. The Morgan fingerprint density at radius 1 is 0.930 bits per heavy atom. The van der Waals surface area contributed by atoms with Crippen molar-refractivity contribution >= 4 is 49.5 Å². The number of benzene rings is 3. The average Bonchev–Trinajstić information content (AvgIpc) is 3.23. The number of hydrogen-bond donors (Lipinski definition) is 1. The summed E-state index contributed by atoms with van der Waals surface area (Å²) in [6.45, 7) is 10.3. The Hall–Kier alpha value is -3.97. The van der Waals surface area contributed by atoms with Gasteiger partial charge in [0.2, 0.25) is 0 Å². The van der Waals surface area contributed by atoms with Crippen LogP contribution in [0.4, 0.5) is 0 Å². The smallest absolute Gasteiger partial charge is 0.309 e. The first-order valence-electron chi connectivity index (χ1n) is 14.4. The van der Waals surface area contributed by atoms with E-state index in [9.17, 15) is 14.7 Å². The predicted octanol–water partition coefficient (Wildman–Crippen LogP) is 8.85. The van der Waals surface area contributed by atoms with Gasteiger partial charge in [-0.15, -0.1) is 0 Å². The van der Waals surface area contributed by atoms with E-state index in [0.717, 1.165) is 43.2 Å². The van der Waals surface area contributed by atoms with E-state index in [0.29, 0.717) is 24.3 Å². The van der Waals surface area contributed by atoms with Crippen LogP contribution in [0.15, 0.2) is 83.3 Å². The quantitative estimate of drug-likeness (QED) is 0.154. The number of Topliss-reactive ketones (excluding diaryl/α,β-unsaturated/α-hetero) is 1. The number of halogens is 1. The van der Waals surface area contributed by atoms with Crippen LogP contribution in [0.3, 0.4) is 0 Å². The minimum absolute atomic E-state index is 0.00316. The molecule has 0 aliphatic heterocycles. The zero-order valence-electron chi connectivity index (χ0n) is 25.3. The molecule has 5 rings (SSSR count). The minimum Gasteiger partial charge on any atom is -0.487 e. The van der Waals surface area contributed by atoms with Crippen molar-refractivity contribution in [2.24, 2.45) is 10.8 Å². The maximum atomic E-state index is 14.1. The molecular weight excluding hydrogens is 604 g/mol. The van der Waals surface area contributed by atoms with E-state index < -0.39 is 11.4 Å². The highest BCUT2D eigenvalue weighted by Crippen LogP contribution is 2.37. The number of pyridine rings is 1. The third kappa shape index (κ3) is 6.99. The molecule has 0 aliphatic rings. The molecule has 222 valence electrons. The molecule has 0 fully saturated rings. The second-order valence-electron chi connectivity index (χ2n) is 13.0. The molecule has 0 saturated carbocycles. The lowest BCUT2D eigenvalue weighted by Crippen LogP contribution is -2.28. The van der Waals surface area contributed by atoms with Crippen LogP contribution in [0.2, 0.25) is 0 Å². The fourth-order valence-corrected chi connectivity index (χ4v) is 5.60. The van der Waals surface area contributed by atoms with Crippen LogP contribution < -0.4 is 4.74 Å². The van der Waals surface area contributed by atoms with Crippen LogP contribution in [0.1, 0.15) is 68.3 Å². The number of hydrogen-bond acceptors (Lipinski definition) is 4. The van der Waals surface area contributed by atoms with Crippen LogP contribution in [0, 0.1) is 10.8 Å². The predicted molar refractivity (Wildman–Crippen MR) is 175 cm³/mol. The monoisotopic (exact) mass is 640 g/mol. The van der Waals surface area contributed by atoms with Crippen molar-refractivity contribution in [3.05, 3.63) is 106 Å². The number of rotatable bonds is 10. The normalized spacial score (nSPS) is 12.1. The van der Waals surface area contributed by atoms with E-state index in [-0.39, 0.29) is 24.2 Å². The molecule has 6 nitrogen and oxygen atoms in total. The van der Waals surface area contributed by atoms with Crippen LogP contribution in [0.25, 0.3) is 21.8 Å². The van der Waals surface area contributed by atoms with Crippen molar-refractivity contribution in [3.8, 4) is 5.75 Å². The summed E-state index contributed by atoms with van der Waals surface area (Å²) in [6, 6.07) is 25.8. The molecule has 5 aromatic rings. The molecule has 3 aromatic carbocycles. The number of carbonyl (C=O) groups excluding carboxylic acids is 1. The van der Waals surface area contributed by atoms with E-state index in [1.807, 2.05) is 99.6 Å². The molecule has 0 radical (unpaired) electrons. The summed E-state index contributed by atoms with van der Waals surface area (Å²) in [6.07, 6.45) is 0.535. The number of para-hydroxylation sites is 1. The maximum Gasteiger partial charge on any atom is 0.309 e. The second kappa shape index (κ2) is 12.0. The Bertz CT molecular complexity index is 1810. The highest BCUT2D eigenvalue weighted by Gasteiger charge is 2.34. The molecule has 0 spiro atoms. The third-order valence-electron chi connectivity index (χ3n) is 7.60. The van der Waals surface area contributed by atoms with Gasteiger partial charge >= 0.3 is 5.97 Å². The summed E-state index contributed by atoms with van der Waals surface area (Å²) in [4.78, 5) is 31.1. The van der Waals surface area contributed by atoms with Crippen molar-refractivity contribution in [2.45, 2.75) is 60.6 Å². The van der Waals surface area contributed by atoms with Gasteiger partial charge in [-0.25, -0.2) is 4.98 Å². The number of aromatic nitrogens is 2. The fraction of sp³-hybridized carbons (Fsp3) is 0.306. The molecular formula is C36H37BrN2O4. The zero-order chi connectivity index (χ0) is 30.9. The summed E-state index contributed by atoms with van der Waals surface area (Å²) >= 11 is 3.51. The zero-order valence-corrected chi connectivity index (χ0v) is 26.9. The van der Waals surface area contributed by atoms with Gasteiger partial charge in [0, 0.05) is 51.4 Å². The minimum atomic E-state index is -1.08. The van der Waals surface area contributed by atoms with Crippen molar-refractivity contribution in [1.82, 2.24) is 9.55 Å². The Labute approximate surface area is 260 Å². The van der Waals surface area contributed by atoms with E-state index in [1.54, 1.807) is 13.8 Å². The topological polar surface area (TPSA) is 81.4 Å². The van der Waals surface area contributed by atoms with Gasteiger partial charge in [-0.1, -0.05) is 73.1 Å². The molecule has 0 aliphatic carbocycles. The molecule has 7 heteroatoms. The molecule has 43 heavy (non-hydrogen) atoms. The van der Waals surface area contributed by atoms with Gasteiger partial charge in [0.1, 0.15) is 12.4 Å². The second-order valence-corrected chi connectivity index (χ2v) is 13.9. The first-order chi connectivity index (χ1) is 20.3. The van der Waals surface area contributed by atoms with Crippen molar-refractivity contribution < 1.29 is 19.4 Å². The van der Waals surface area contributed by atoms with Crippen molar-refractivity contribution in [2.75, 3.05) is 0 Å². The van der Waals surface area contributed by atoms with Crippen molar-refractivity contribution in [1.29, 1.82) is 0 Å². The highest BCUT2D eigenvalue weighted by molar-refractivity contribution is 9.10. The molecule has 2 heterocycles. The summed E-state index contributed by atoms with van der Waals surface area (Å²) in [5, 5.41) is 11.9. The lowest BCUT2D eigenvalue weighted by Gasteiger charge is -2.23. The van der Waals surface area contributed by atoms with Crippen LogP contribution in [0.5, 0.6) is 5.75 Å². The summed E-state index contributed by atoms with van der Waals surface area (Å²) in [7, 11) is 0. The molecule has 0 saturated heterocycles. The number of aliphatic carboxylic acids is 1. The number of ketones is 1. The lowest BCUT2D eigenvalue weighted by atomic mass is 9.83. The lowest BCUT2D eigenvalue weighted by molar-refractivity contribution is -0.146. The summed E-state index contributed by atoms with van der Waals surface area (Å²) in [5.74, 6) is -0.289. The van der Waals surface area contributed by atoms with E-state index >= 15 is 0 Å². The number of fused-ring (bicyclic) bond motifs is 2. The molecule has 1 N–H and O–H groups in total. The molecule has 0 bridgehead atoms. The SMILES string of the molecule is CC(C)(C)CC(=O)c1c(CC(C)(C)C(=O)O)n(Cc2ccc(Br)cc2)c2ccc(OCc3ccc4ccccc4n3)cc12. The Kier molecular flexibility index (Phi) is 8.48. The average molecular weight is 642 g/mol. The van der Waals surface area contributed by atoms with Gasteiger partial charge < -0.3 is 14.4 Å². The fourth-order valence-electron chi connectivity index (χ4n) is 5.33. The van der Waals surface area contributed by atoms with Gasteiger partial charge in [-0.05, 0) is 67.3 Å². The number of carboxylic acid groups (broad SMARTS) is 1. The van der Waals surface area contributed by atoms with Gasteiger partial charge in [0.25, 0.3) is 0 Å². The first kappa shape index (κ1) is 30.5. The Morgan fingerprint density at radius 3 is 2.35 bits per heavy atom. The first-order valence-corrected chi connectivity index (χ1v) is 15.2. The maximum absolute atomic E-state index is 14.1. The third-order valence-corrected chi connectivity index (χ3v) is 8.13. The van der Waals surface area contributed by atoms with Gasteiger partial charge in [0.05, 0.1) is 16.6 Å². The number of carboxylic acids is 1. The van der Waals surface area contributed by atoms with Gasteiger partial charge in [-0.3, -0.25) is 9.59 Å². The van der Waals surface area contributed by atoms with E-state index in [1.165, 1.54) is 0 Å². The molecule has 0 unspecified atom stereocenters. The van der Waals surface area contributed by atoms with Crippen molar-refractivity contribution in [3.63, 3.8) is 0 Å². The summed E-state index contributed by atoms with van der Waals surface area (Å²) in [5.41, 5.74) is 3.61. The number of carbonyl (C=O) groups is 2. The number of nitrogens with zero attached hydrogens (tertiary/aromatic N) is 2. The molecule has 0 amide bonds. The molecule has 0 atom stereocenters. The van der Waals surface area contributed by atoms with E-state index in [2.05, 4.69) is 20.5 Å². The standard InChI is InChI=1S/C36H37BrN2O4/c1-35(2,3)20-32(40)33-28-18-27(43-22-26-15-12-24-8-6-7-9-29(24)38-26)16-17-30(28)39(21-23-10-13-25(37)14-11-23)31(33)19-36(4,5)34(41)42/h6-18H,19-22H2,1-5H3,(H,41,42). The van der Waals surface area contributed by atoms with E-state index in [4.69, 9.17) is 9.72 Å². The molecule has 2 aromatic heterocycles. The van der Waals surface area contributed by atoms with Crippen LogP contribution >= 0.6 is 15.9 Å². The summed E-state index contributed by atoms with van der Waals surface area (Å²) < 4.78 is 9.30. The Morgan fingerprint density at radius 2 is 1.65 bits per heavy atom. The number of ether oxygens (including phenoxy) is 1. The highest BCUT2D eigenvalue weighted by atomic mass is 79.9. The van der Waals surface area contributed by atoms with Crippen LogP contribution in [-0.2, 0) is 24.4 Å². The van der Waals surface area contributed by atoms with Crippen LogP contribution in [-0.4, -0.2) is 26.4 Å². The van der Waals surface area contributed by atoms with Gasteiger partial charge in [0.15, 0.2) is 5.78 Å². The van der Waals surface area contributed by atoms with Gasteiger partial charge in [-0.2, -0.15) is 0 Å². The largest absolute Gasteiger partial charge is 0.487 e.